The maximum atomic E-state index is 14.0. The fourth-order valence-electron chi connectivity index (χ4n) is 9.22. The van der Waals surface area contributed by atoms with E-state index in [1.807, 2.05) is 0 Å². The average Bonchev–Trinajstić information content (AvgIpc) is 3.41. The van der Waals surface area contributed by atoms with Gasteiger partial charge in [-0.05, 0) is 84.2 Å². The number of carbonyl (C=O) groups is 2. The second-order valence-corrected chi connectivity index (χ2v) is 15.8. The van der Waals surface area contributed by atoms with Gasteiger partial charge in [-0.25, -0.2) is 10.6 Å². The van der Waals surface area contributed by atoms with Crippen molar-refractivity contribution in [3.63, 3.8) is 0 Å². The van der Waals surface area contributed by atoms with Crippen LogP contribution in [0.3, 0.4) is 0 Å². The van der Waals surface area contributed by atoms with E-state index in [0.29, 0.717) is 51.7 Å². The Balaban J connectivity index is 1.07. The third-order valence-electron chi connectivity index (χ3n) is 11.8. The van der Waals surface area contributed by atoms with Gasteiger partial charge in [-0.1, -0.05) is 51.2 Å². The topological polar surface area (TPSA) is 164 Å². The summed E-state index contributed by atoms with van der Waals surface area (Å²) in [5.74, 6) is 0.535. The molecule has 51 heavy (non-hydrogen) atoms. The van der Waals surface area contributed by atoms with Crippen LogP contribution in [0.1, 0.15) is 136 Å². The molecule has 5 aliphatic rings. The molecule has 5 rings (SSSR count). The summed E-state index contributed by atoms with van der Waals surface area (Å²) in [6.07, 6.45) is 21.2. The van der Waals surface area contributed by atoms with Crippen LogP contribution in [0.4, 0.5) is 0 Å². The lowest BCUT2D eigenvalue weighted by Gasteiger charge is -2.50. The minimum atomic E-state index is -0.786. The van der Waals surface area contributed by atoms with Gasteiger partial charge in [0.1, 0.15) is 0 Å². The lowest BCUT2D eigenvalue weighted by Crippen LogP contribution is -2.76. The third-order valence-corrected chi connectivity index (χ3v) is 11.8. The van der Waals surface area contributed by atoms with Crippen molar-refractivity contribution in [2.24, 2.45) is 17.4 Å². The van der Waals surface area contributed by atoms with Gasteiger partial charge in [-0.15, -0.1) is 0 Å². The number of esters is 1. The molecule has 2 fully saturated rings. The van der Waals surface area contributed by atoms with Crippen molar-refractivity contribution in [3.05, 3.63) is 12.2 Å². The highest BCUT2D eigenvalue weighted by molar-refractivity contribution is 5.82. The lowest BCUT2D eigenvalue weighted by atomic mass is 9.80. The van der Waals surface area contributed by atoms with Crippen LogP contribution in [0.5, 0.6) is 0 Å². The molecule has 0 radical (unpaired) electrons. The Morgan fingerprint density at radius 1 is 1.04 bits per heavy atom. The molecule has 0 aromatic rings. The Hall–Kier alpha value is -2.25. The highest BCUT2D eigenvalue weighted by Gasteiger charge is 2.64. The van der Waals surface area contributed by atoms with Gasteiger partial charge in [0.05, 0.1) is 37.0 Å². The summed E-state index contributed by atoms with van der Waals surface area (Å²) in [7, 11) is 0. The molecule has 0 unspecified atom stereocenters. The Morgan fingerprint density at radius 3 is 2.57 bits per heavy atom. The number of allylic oxidation sites excluding steroid dienone is 1. The van der Waals surface area contributed by atoms with Crippen LogP contribution in [-0.4, -0.2) is 107 Å². The van der Waals surface area contributed by atoms with Gasteiger partial charge < -0.3 is 35.7 Å². The van der Waals surface area contributed by atoms with E-state index < -0.39 is 17.6 Å². The van der Waals surface area contributed by atoms with Gasteiger partial charge in [0.15, 0.2) is 11.6 Å². The van der Waals surface area contributed by atoms with Crippen LogP contribution in [0, 0.1) is 5.92 Å². The first-order valence-corrected chi connectivity index (χ1v) is 20.5. The predicted molar refractivity (Wildman–Crippen MR) is 198 cm³/mol. The summed E-state index contributed by atoms with van der Waals surface area (Å²) in [6.45, 7) is 6.56. The van der Waals surface area contributed by atoms with E-state index >= 15 is 0 Å². The van der Waals surface area contributed by atoms with Crippen molar-refractivity contribution in [2.45, 2.75) is 178 Å². The first-order valence-electron chi connectivity index (χ1n) is 20.5. The number of nitrogens with zero attached hydrogens (tertiary/aromatic N) is 2. The molecule has 0 aromatic carbocycles. The first kappa shape index (κ1) is 39.9. The molecule has 0 saturated carbocycles. The summed E-state index contributed by atoms with van der Waals surface area (Å²) in [4.78, 5) is 28.5. The summed E-state index contributed by atoms with van der Waals surface area (Å²) in [5, 5.41) is 17.8. The maximum Gasteiger partial charge on any atom is 0.350 e. The van der Waals surface area contributed by atoms with Crippen molar-refractivity contribution in [3.8, 4) is 0 Å². The van der Waals surface area contributed by atoms with Gasteiger partial charge in [-0.3, -0.25) is 14.2 Å². The summed E-state index contributed by atoms with van der Waals surface area (Å²) in [5.41, 5.74) is 10.0. The monoisotopic (exact) mass is 718 g/mol. The van der Waals surface area contributed by atoms with E-state index in [9.17, 15) is 14.7 Å². The largest absolute Gasteiger partial charge is 0.465 e. The van der Waals surface area contributed by atoms with Gasteiger partial charge in [-0.2, -0.15) is 0 Å². The molecule has 7 N–H and O–H groups in total. The third kappa shape index (κ3) is 10.2. The van der Waals surface area contributed by atoms with Crippen LogP contribution >= 0.6 is 0 Å². The fourth-order valence-corrected chi connectivity index (χ4v) is 9.22. The Kier molecular flexibility index (Phi) is 15.0. The second kappa shape index (κ2) is 19.2. The van der Waals surface area contributed by atoms with Gasteiger partial charge in [0, 0.05) is 38.8 Å². The molecule has 0 bridgehead atoms. The van der Waals surface area contributed by atoms with E-state index in [1.54, 1.807) is 4.90 Å². The zero-order chi connectivity index (χ0) is 36.3. The first-order chi connectivity index (χ1) is 24.7. The molecule has 5 heterocycles. The van der Waals surface area contributed by atoms with Gasteiger partial charge >= 0.3 is 11.9 Å². The number of unbranched alkanes of at least 4 members (excludes halogenated alkanes) is 6. The lowest BCUT2D eigenvalue weighted by molar-refractivity contribution is -0.609. The molecule has 1 amide bonds. The zero-order valence-electron chi connectivity index (χ0n) is 31.6. The molecule has 8 atom stereocenters. The van der Waals surface area contributed by atoms with Crippen molar-refractivity contribution < 1.29 is 33.5 Å². The zero-order valence-corrected chi connectivity index (χ0v) is 31.6. The quantitative estimate of drug-likeness (QED) is 0.0575. The van der Waals surface area contributed by atoms with E-state index in [1.165, 1.54) is 0 Å². The number of aliphatic hydroxyl groups excluding tert-OH is 1. The predicted octanol–water partition coefficient (Wildman–Crippen LogP) is 3.78. The number of ether oxygens (including phenoxy) is 3. The number of hydrogen-bond donors (Lipinski definition) is 5. The van der Waals surface area contributed by atoms with E-state index in [2.05, 4.69) is 41.2 Å². The molecule has 2 spiro atoms. The fraction of sp³-hybridized carbons (Fsp3) is 0.872. The summed E-state index contributed by atoms with van der Waals surface area (Å²) < 4.78 is 22.0. The van der Waals surface area contributed by atoms with Crippen molar-refractivity contribution in [2.75, 3.05) is 32.8 Å². The Morgan fingerprint density at radius 2 is 1.82 bits per heavy atom. The SMILES string of the molecule is CC[C@H]1C=CCC[C@@]2(C[C@@H]3CC[C@@H]4[C@H](C(=O)OCCCCCCCCCC(=O)N(CCCN)C[C@@H](O)CCN)[C@]5(CCC[C@@H](C)O5)NC(=[N+]34)N2)O1. The van der Waals surface area contributed by atoms with E-state index in [-0.39, 0.29) is 36.0 Å². The highest BCUT2D eigenvalue weighted by Crippen LogP contribution is 2.45. The molecule has 12 heteroatoms. The number of rotatable bonds is 19. The van der Waals surface area contributed by atoms with E-state index in [0.717, 1.165) is 115 Å². The molecule has 290 valence electrons. The minimum absolute atomic E-state index is 0.0374. The molecule has 5 aliphatic heterocycles. The van der Waals surface area contributed by atoms with Crippen LogP contribution in [-0.2, 0) is 23.8 Å². The molecule has 0 aromatic heterocycles. The standard InChI is InChI=1S/C39H68N6O6/c1-3-32-16-10-11-21-38(51-32)27-30-18-19-33-35(39(22-13-15-29(2)50-39)43-37(42-38)45(30)33)36(48)49-26-12-8-6-4-5-7-9-17-34(47)44(25-14-23-40)28-31(46)20-24-41/h10,16,29-33,35,46H,3-9,11-15,17-28,40-41H2,1-2H3,(H,42,43)/p+1/t29-,30+,31+,32+,33-,35-,38+,39-/m1/s1. The molecule has 2 saturated heterocycles. The molecule has 12 nitrogen and oxygen atoms in total. The van der Waals surface area contributed by atoms with Gasteiger partial charge in [0.2, 0.25) is 11.6 Å². The van der Waals surface area contributed by atoms with Crippen LogP contribution < -0.4 is 22.1 Å². The molecule has 0 aliphatic carbocycles. The number of aliphatic hydroxyl groups is 1. The highest BCUT2D eigenvalue weighted by atomic mass is 16.6. The summed E-state index contributed by atoms with van der Waals surface area (Å²) in [6, 6.07) is 0.348. The number of nitrogens with one attached hydrogen (secondary N) is 2. The van der Waals surface area contributed by atoms with E-state index in [4.69, 9.17) is 25.7 Å². The van der Waals surface area contributed by atoms with Gasteiger partial charge in [0.25, 0.3) is 0 Å². The normalized spacial score (nSPS) is 31.9. The molecular formula is C39H69N6O6+. The van der Waals surface area contributed by atoms with Crippen LogP contribution in [0.15, 0.2) is 12.2 Å². The smallest absolute Gasteiger partial charge is 0.350 e. The Bertz CT molecular complexity index is 1200. The minimum Gasteiger partial charge on any atom is -0.465 e. The molecular weight excluding hydrogens is 648 g/mol. The summed E-state index contributed by atoms with van der Waals surface area (Å²) >= 11 is 0. The number of carbonyl (C=O) groups excluding carboxylic acids is 2. The number of nitrogens with two attached hydrogens (primary N) is 2. The Labute approximate surface area is 306 Å². The average molecular weight is 718 g/mol. The van der Waals surface area contributed by atoms with Crippen LogP contribution in [0.2, 0.25) is 0 Å². The van der Waals surface area contributed by atoms with Crippen LogP contribution in [0.25, 0.3) is 0 Å². The van der Waals surface area contributed by atoms with Crippen molar-refractivity contribution in [1.29, 1.82) is 0 Å². The second-order valence-electron chi connectivity index (χ2n) is 15.8. The maximum absolute atomic E-state index is 14.0. The number of amides is 1. The van der Waals surface area contributed by atoms with Crippen molar-refractivity contribution >= 4 is 17.8 Å². The number of guanidine groups is 1. The number of hydrogen-bond acceptors (Lipinski definition) is 10. The van der Waals surface area contributed by atoms with Crippen molar-refractivity contribution in [1.82, 2.24) is 15.5 Å².